The van der Waals surface area contributed by atoms with E-state index in [-0.39, 0.29) is 5.82 Å². The van der Waals surface area contributed by atoms with Crippen molar-refractivity contribution in [1.82, 2.24) is 19.7 Å². The predicted molar refractivity (Wildman–Crippen MR) is 79.2 cm³/mol. The second-order valence-electron chi connectivity index (χ2n) is 4.62. The summed E-state index contributed by atoms with van der Waals surface area (Å²) in [7, 11) is 3.65. The highest BCUT2D eigenvalue weighted by atomic mass is 19.1. The van der Waals surface area contributed by atoms with Crippen LogP contribution in [0, 0.1) is 5.82 Å². The molecule has 0 atom stereocenters. The number of nitrogens with zero attached hydrogens (tertiary/aromatic N) is 4. The van der Waals surface area contributed by atoms with Crippen molar-refractivity contribution in [2.75, 3.05) is 12.4 Å². The Hall–Kier alpha value is -2.76. The third kappa shape index (κ3) is 2.74. The van der Waals surface area contributed by atoms with Crippen LogP contribution in [0.5, 0.6) is 0 Å². The molecule has 0 saturated heterocycles. The maximum Gasteiger partial charge on any atom is 0.162 e. The van der Waals surface area contributed by atoms with Gasteiger partial charge in [-0.1, -0.05) is 0 Å². The smallest absolute Gasteiger partial charge is 0.162 e. The van der Waals surface area contributed by atoms with E-state index in [1.54, 1.807) is 30.1 Å². The first-order valence-corrected chi connectivity index (χ1v) is 6.47. The predicted octanol–water partition coefficient (Wildman–Crippen LogP) is 2.72. The van der Waals surface area contributed by atoms with E-state index in [2.05, 4.69) is 20.4 Å². The van der Waals surface area contributed by atoms with E-state index in [0.717, 1.165) is 16.8 Å². The summed E-state index contributed by atoms with van der Waals surface area (Å²) in [6.45, 7) is 0. The van der Waals surface area contributed by atoms with Crippen molar-refractivity contribution in [3.63, 3.8) is 0 Å². The molecule has 0 bridgehead atoms. The maximum absolute atomic E-state index is 13.0. The zero-order chi connectivity index (χ0) is 14.8. The van der Waals surface area contributed by atoms with Crippen LogP contribution in [0.25, 0.3) is 22.6 Å². The van der Waals surface area contributed by atoms with Gasteiger partial charge in [-0.2, -0.15) is 5.10 Å². The molecule has 3 rings (SSSR count). The number of nitrogens with one attached hydrogen (secondary N) is 1. The molecule has 0 amide bonds. The normalized spacial score (nSPS) is 10.6. The lowest BCUT2D eigenvalue weighted by Gasteiger charge is -2.07. The number of rotatable bonds is 3. The molecule has 5 nitrogen and oxygen atoms in total. The van der Waals surface area contributed by atoms with Gasteiger partial charge in [-0.05, 0) is 24.3 Å². The van der Waals surface area contributed by atoms with E-state index >= 15 is 0 Å². The summed E-state index contributed by atoms with van der Waals surface area (Å²) in [5.74, 6) is 0.958. The van der Waals surface area contributed by atoms with Gasteiger partial charge in [0.2, 0.25) is 0 Å². The number of hydrogen-bond acceptors (Lipinski definition) is 4. The fourth-order valence-electron chi connectivity index (χ4n) is 2.00. The van der Waals surface area contributed by atoms with Gasteiger partial charge in [0.05, 0.1) is 11.9 Å². The summed E-state index contributed by atoms with van der Waals surface area (Å²) in [5.41, 5.74) is 2.43. The van der Waals surface area contributed by atoms with Crippen molar-refractivity contribution in [2.24, 2.45) is 7.05 Å². The third-order valence-electron chi connectivity index (χ3n) is 3.09. The van der Waals surface area contributed by atoms with Crippen LogP contribution in [-0.4, -0.2) is 26.8 Å². The van der Waals surface area contributed by atoms with Crippen molar-refractivity contribution in [2.45, 2.75) is 0 Å². The first kappa shape index (κ1) is 13.2. The van der Waals surface area contributed by atoms with Crippen LogP contribution < -0.4 is 5.32 Å². The Labute approximate surface area is 121 Å². The van der Waals surface area contributed by atoms with E-state index in [0.29, 0.717) is 11.6 Å². The summed E-state index contributed by atoms with van der Waals surface area (Å²) in [6.07, 6.45) is 3.63. The molecular weight excluding hydrogens is 269 g/mol. The molecule has 6 heteroatoms. The van der Waals surface area contributed by atoms with Gasteiger partial charge in [-0.15, -0.1) is 0 Å². The average molecular weight is 283 g/mol. The Morgan fingerprint density at radius 3 is 2.48 bits per heavy atom. The molecule has 3 aromatic rings. The number of aromatic nitrogens is 4. The Bertz CT molecular complexity index is 764. The summed E-state index contributed by atoms with van der Waals surface area (Å²) < 4.78 is 14.7. The van der Waals surface area contributed by atoms with Crippen LogP contribution in [0.1, 0.15) is 0 Å². The molecule has 0 spiro atoms. The van der Waals surface area contributed by atoms with E-state index in [9.17, 15) is 4.39 Å². The highest BCUT2D eigenvalue weighted by Gasteiger charge is 2.09. The van der Waals surface area contributed by atoms with Gasteiger partial charge in [0.15, 0.2) is 5.82 Å². The number of aryl methyl sites for hydroxylation is 1. The first-order valence-electron chi connectivity index (χ1n) is 6.47. The minimum atomic E-state index is -0.281. The summed E-state index contributed by atoms with van der Waals surface area (Å²) >= 11 is 0. The van der Waals surface area contributed by atoms with Crippen LogP contribution in [-0.2, 0) is 7.05 Å². The van der Waals surface area contributed by atoms with Crippen molar-refractivity contribution >= 4 is 5.82 Å². The van der Waals surface area contributed by atoms with Crippen LogP contribution in [0.3, 0.4) is 0 Å². The Kier molecular flexibility index (Phi) is 3.35. The molecule has 21 heavy (non-hydrogen) atoms. The van der Waals surface area contributed by atoms with Crippen molar-refractivity contribution in [3.8, 4) is 22.6 Å². The molecule has 0 aliphatic rings. The topological polar surface area (TPSA) is 55.6 Å². The van der Waals surface area contributed by atoms with Gasteiger partial charge in [-0.25, -0.2) is 14.4 Å². The SMILES string of the molecule is CNc1cc(-c2cnn(C)c2)nc(-c2ccc(F)cc2)n1. The quantitative estimate of drug-likeness (QED) is 0.803. The third-order valence-corrected chi connectivity index (χ3v) is 3.09. The largest absolute Gasteiger partial charge is 0.373 e. The van der Waals surface area contributed by atoms with Gasteiger partial charge >= 0.3 is 0 Å². The number of anilines is 1. The molecule has 0 radical (unpaired) electrons. The van der Waals surface area contributed by atoms with Crippen LogP contribution in [0.2, 0.25) is 0 Å². The lowest BCUT2D eigenvalue weighted by Crippen LogP contribution is -1.98. The lowest BCUT2D eigenvalue weighted by molar-refractivity contribution is 0.628. The fraction of sp³-hybridized carbons (Fsp3) is 0.133. The van der Waals surface area contributed by atoms with Gasteiger partial charge in [-0.3, -0.25) is 4.68 Å². The highest BCUT2D eigenvalue weighted by molar-refractivity contribution is 5.66. The number of hydrogen-bond donors (Lipinski definition) is 1. The molecule has 2 heterocycles. The zero-order valence-corrected chi connectivity index (χ0v) is 11.7. The van der Waals surface area contributed by atoms with E-state index in [1.165, 1.54) is 12.1 Å². The zero-order valence-electron chi connectivity index (χ0n) is 11.7. The summed E-state index contributed by atoms with van der Waals surface area (Å²) in [6, 6.07) is 7.97. The van der Waals surface area contributed by atoms with Gasteiger partial charge in [0, 0.05) is 37.5 Å². The Morgan fingerprint density at radius 2 is 1.86 bits per heavy atom. The second-order valence-corrected chi connectivity index (χ2v) is 4.62. The van der Waals surface area contributed by atoms with E-state index in [1.807, 2.05) is 19.3 Å². The van der Waals surface area contributed by atoms with Gasteiger partial charge in [0.1, 0.15) is 11.6 Å². The number of benzene rings is 1. The van der Waals surface area contributed by atoms with Gasteiger partial charge in [0.25, 0.3) is 0 Å². The minimum Gasteiger partial charge on any atom is -0.373 e. The van der Waals surface area contributed by atoms with Crippen molar-refractivity contribution in [3.05, 3.63) is 48.5 Å². The highest BCUT2D eigenvalue weighted by Crippen LogP contribution is 2.24. The second kappa shape index (κ2) is 5.32. The Balaban J connectivity index is 2.10. The minimum absolute atomic E-state index is 0.281. The summed E-state index contributed by atoms with van der Waals surface area (Å²) in [4.78, 5) is 8.95. The monoisotopic (exact) mass is 283 g/mol. The number of halogens is 1. The molecule has 1 aromatic carbocycles. The fourth-order valence-corrected chi connectivity index (χ4v) is 2.00. The Morgan fingerprint density at radius 1 is 1.10 bits per heavy atom. The van der Waals surface area contributed by atoms with Crippen molar-refractivity contribution in [1.29, 1.82) is 0 Å². The molecule has 0 unspecified atom stereocenters. The van der Waals surface area contributed by atoms with Crippen LogP contribution in [0.4, 0.5) is 10.2 Å². The first-order chi connectivity index (χ1) is 10.2. The van der Waals surface area contributed by atoms with Gasteiger partial charge < -0.3 is 5.32 Å². The lowest BCUT2D eigenvalue weighted by atomic mass is 10.2. The van der Waals surface area contributed by atoms with Crippen LogP contribution >= 0.6 is 0 Å². The van der Waals surface area contributed by atoms with E-state index < -0.39 is 0 Å². The maximum atomic E-state index is 13.0. The molecule has 2 aromatic heterocycles. The molecule has 0 aliphatic carbocycles. The summed E-state index contributed by atoms with van der Waals surface area (Å²) in [5, 5.41) is 7.16. The molecule has 106 valence electrons. The van der Waals surface area contributed by atoms with E-state index in [4.69, 9.17) is 0 Å². The standard InChI is InChI=1S/C15H14FN5/c1-17-14-7-13(11-8-18-21(2)9-11)19-15(20-14)10-3-5-12(16)6-4-10/h3-9H,1-2H3,(H,17,19,20). The molecule has 0 saturated carbocycles. The van der Waals surface area contributed by atoms with Crippen molar-refractivity contribution < 1.29 is 4.39 Å². The average Bonchev–Trinajstić information content (AvgIpc) is 2.94. The molecule has 0 fully saturated rings. The van der Waals surface area contributed by atoms with Crippen LogP contribution in [0.15, 0.2) is 42.7 Å². The molecule has 1 N–H and O–H groups in total. The molecular formula is C15H14FN5. The molecule has 0 aliphatic heterocycles.